The average Bonchev–Trinajstić information content (AvgIpc) is 2.23. The van der Waals surface area contributed by atoms with Gasteiger partial charge in [0.1, 0.15) is 0 Å². The number of carbonyl (C=O) groups excluding carboxylic acids is 1. The molecule has 3 nitrogen and oxygen atoms in total. The Hall–Kier alpha value is -1.19. The minimum atomic E-state index is -0.444. The molecule has 0 radical (unpaired) electrons. The minimum absolute atomic E-state index is 0.444. The van der Waals surface area contributed by atoms with E-state index in [9.17, 15) is 4.79 Å². The van der Waals surface area contributed by atoms with Crippen LogP contribution >= 0.6 is 23.2 Å². The first-order chi connectivity index (χ1) is 7.13. The van der Waals surface area contributed by atoms with Gasteiger partial charge in [-0.05, 0) is 18.2 Å². The van der Waals surface area contributed by atoms with Gasteiger partial charge in [0, 0.05) is 17.3 Å². The molecular weight excluding hydrogens is 237 g/mol. The molecule has 15 heavy (non-hydrogen) atoms. The molecule has 0 unspecified atom stereocenters. The zero-order chi connectivity index (χ0) is 11.3. The number of halogens is 2. The van der Waals surface area contributed by atoms with Gasteiger partial charge < -0.3 is 10.1 Å². The second kappa shape index (κ2) is 5.63. The number of methoxy groups -OCH3 is 1. The van der Waals surface area contributed by atoms with Crippen molar-refractivity contribution in [1.82, 2.24) is 0 Å². The molecule has 1 rings (SSSR count). The van der Waals surface area contributed by atoms with E-state index in [0.717, 1.165) is 0 Å². The maximum absolute atomic E-state index is 10.7. The fraction of sp³-hybridized carbons (Fsp3) is 0.100. The van der Waals surface area contributed by atoms with E-state index in [4.69, 9.17) is 23.2 Å². The van der Waals surface area contributed by atoms with E-state index in [0.29, 0.717) is 15.7 Å². The highest BCUT2D eigenvalue weighted by Gasteiger charge is 1.98. The second-order valence-electron chi connectivity index (χ2n) is 2.62. The van der Waals surface area contributed by atoms with Gasteiger partial charge in [0.25, 0.3) is 0 Å². The van der Waals surface area contributed by atoms with Gasteiger partial charge in [0.15, 0.2) is 0 Å². The summed E-state index contributed by atoms with van der Waals surface area (Å²) in [6.45, 7) is 0. The Morgan fingerprint density at radius 2 is 2.20 bits per heavy atom. The van der Waals surface area contributed by atoms with Crippen LogP contribution in [0.15, 0.2) is 30.5 Å². The third-order valence-electron chi connectivity index (χ3n) is 1.59. The smallest absolute Gasteiger partial charge is 0.331 e. The summed E-state index contributed by atoms with van der Waals surface area (Å²) < 4.78 is 4.42. The highest BCUT2D eigenvalue weighted by molar-refractivity contribution is 6.35. The monoisotopic (exact) mass is 245 g/mol. The van der Waals surface area contributed by atoms with Gasteiger partial charge in [-0.1, -0.05) is 23.2 Å². The van der Waals surface area contributed by atoms with E-state index < -0.39 is 5.97 Å². The summed E-state index contributed by atoms with van der Waals surface area (Å²) in [5, 5.41) is 3.91. The first kappa shape index (κ1) is 11.9. The van der Waals surface area contributed by atoms with Crippen molar-refractivity contribution in [3.8, 4) is 0 Å². The Bertz CT molecular complexity index is 391. The minimum Gasteiger partial charge on any atom is -0.466 e. The molecule has 1 aromatic carbocycles. The van der Waals surface area contributed by atoms with Crippen LogP contribution in [0.25, 0.3) is 0 Å². The normalized spacial score (nSPS) is 10.3. The van der Waals surface area contributed by atoms with Crippen LogP contribution in [-0.2, 0) is 9.53 Å². The summed E-state index contributed by atoms with van der Waals surface area (Å²) >= 11 is 11.6. The Morgan fingerprint density at radius 1 is 1.47 bits per heavy atom. The number of rotatable bonds is 3. The number of ether oxygens (including phenoxy) is 1. The van der Waals surface area contributed by atoms with Gasteiger partial charge in [-0.2, -0.15) is 0 Å². The predicted molar refractivity (Wildman–Crippen MR) is 61.2 cm³/mol. The summed E-state index contributed by atoms with van der Waals surface area (Å²) in [5.74, 6) is -0.444. The molecule has 0 aromatic heterocycles. The largest absolute Gasteiger partial charge is 0.466 e. The van der Waals surface area contributed by atoms with Crippen LogP contribution < -0.4 is 5.32 Å². The van der Waals surface area contributed by atoms with E-state index >= 15 is 0 Å². The van der Waals surface area contributed by atoms with Crippen LogP contribution in [0.2, 0.25) is 10.0 Å². The van der Waals surface area contributed by atoms with Gasteiger partial charge in [-0.3, -0.25) is 0 Å². The molecule has 5 heteroatoms. The number of benzene rings is 1. The van der Waals surface area contributed by atoms with E-state index in [2.05, 4.69) is 10.1 Å². The van der Waals surface area contributed by atoms with Crippen LogP contribution in [0, 0.1) is 0 Å². The highest BCUT2D eigenvalue weighted by atomic mass is 35.5. The lowest BCUT2D eigenvalue weighted by Gasteiger charge is -2.03. The number of esters is 1. The lowest BCUT2D eigenvalue weighted by molar-refractivity contribution is -0.134. The van der Waals surface area contributed by atoms with Crippen LogP contribution in [0.5, 0.6) is 0 Å². The second-order valence-corrected chi connectivity index (χ2v) is 3.47. The van der Waals surface area contributed by atoms with Crippen LogP contribution in [0.3, 0.4) is 0 Å². The summed E-state index contributed by atoms with van der Waals surface area (Å²) in [7, 11) is 1.30. The number of carbonyl (C=O) groups is 1. The van der Waals surface area contributed by atoms with Crippen molar-refractivity contribution in [1.29, 1.82) is 0 Å². The molecular formula is C10H9Cl2NO2. The number of hydrogen-bond acceptors (Lipinski definition) is 3. The van der Waals surface area contributed by atoms with Crippen molar-refractivity contribution in [2.75, 3.05) is 12.4 Å². The SMILES string of the molecule is COC(=O)/C=C/Nc1cc(Cl)ccc1Cl. The molecule has 0 saturated heterocycles. The van der Waals surface area contributed by atoms with Gasteiger partial charge in [0.2, 0.25) is 0 Å². The topological polar surface area (TPSA) is 38.3 Å². The molecule has 1 aromatic rings. The molecule has 0 spiro atoms. The lowest BCUT2D eigenvalue weighted by atomic mass is 10.3. The third kappa shape index (κ3) is 3.81. The number of nitrogens with one attached hydrogen (secondary N) is 1. The maximum Gasteiger partial charge on any atom is 0.331 e. The quantitative estimate of drug-likeness (QED) is 0.657. The van der Waals surface area contributed by atoms with E-state index in [1.807, 2.05) is 0 Å². The van der Waals surface area contributed by atoms with Crippen LogP contribution in [0.4, 0.5) is 5.69 Å². The number of hydrogen-bond donors (Lipinski definition) is 1. The average molecular weight is 246 g/mol. The van der Waals surface area contributed by atoms with Crippen molar-refractivity contribution in [3.05, 3.63) is 40.5 Å². The fourth-order valence-corrected chi connectivity index (χ4v) is 1.22. The van der Waals surface area contributed by atoms with Crippen molar-refractivity contribution in [2.24, 2.45) is 0 Å². The molecule has 0 amide bonds. The van der Waals surface area contributed by atoms with Gasteiger partial charge in [-0.15, -0.1) is 0 Å². The van der Waals surface area contributed by atoms with Gasteiger partial charge in [0.05, 0.1) is 17.8 Å². The number of anilines is 1. The van der Waals surface area contributed by atoms with Crippen molar-refractivity contribution in [2.45, 2.75) is 0 Å². The van der Waals surface area contributed by atoms with Crippen molar-refractivity contribution in [3.63, 3.8) is 0 Å². The summed E-state index contributed by atoms with van der Waals surface area (Å²) in [5.41, 5.74) is 0.629. The lowest BCUT2D eigenvalue weighted by Crippen LogP contribution is -1.96. The summed E-state index contributed by atoms with van der Waals surface area (Å²) in [6.07, 6.45) is 2.68. The maximum atomic E-state index is 10.7. The molecule has 0 saturated carbocycles. The van der Waals surface area contributed by atoms with E-state index in [1.54, 1.807) is 18.2 Å². The molecule has 80 valence electrons. The Labute approximate surface area is 97.6 Å². The molecule has 1 N–H and O–H groups in total. The van der Waals surface area contributed by atoms with Gasteiger partial charge >= 0.3 is 5.97 Å². The summed E-state index contributed by atoms with van der Waals surface area (Å²) in [4.78, 5) is 10.7. The Kier molecular flexibility index (Phi) is 4.46. The van der Waals surface area contributed by atoms with E-state index in [1.165, 1.54) is 19.4 Å². The molecule has 0 heterocycles. The van der Waals surface area contributed by atoms with Crippen LogP contribution in [0.1, 0.15) is 0 Å². The molecule has 0 bridgehead atoms. The van der Waals surface area contributed by atoms with Gasteiger partial charge in [-0.25, -0.2) is 4.79 Å². The molecule has 0 aliphatic carbocycles. The fourth-order valence-electron chi connectivity index (χ4n) is 0.876. The van der Waals surface area contributed by atoms with E-state index in [-0.39, 0.29) is 0 Å². The predicted octanol–water partition coefficient (Wildman–Crippen LogP) is 3.09. The molecule has 0 aliphatic heterocycles. The molecule has 0 aliphatic rings. The summed E-state index contributed by atoms with van der Waals surface area (Å²) in [6, 6.07) is 5.00. The first-order valence-electron chi connectivity index (χ1n) is 4.09. The Morgan fingerprint density at radius 3 is 2.87 bits per heavy atom. The highest BCUT2D eigenvalue weighted by Crippen LogP contribution is 2.25. The van der Waals surface area contributed by atoms with Crippen molar-refractivity contribution >= 4 is 34.9 Å². The zero-order valence-electron chi connectivity index (χ0n) is 7.96. The van der Waals surface area contributed by atoms with Crippen LogP contribution in [-0.4, -0.2) is 13.1 Å². The first-order valence-corrected chi connectivity index (χ1v) is 4.85. The standard InChI is InChI=1S/C10H9Cl2NO2/c1-15-10(14)4-5-13-9-6-7(11)2-3-8(9)12/h2-6,13H,1H3/b5-4+. The zero-order valence-corrected chi connectivity index (χ0v) is 9.47. The third-order valence-corrected chi connectivity index (χ3v) is 2.15. The Balaban J connectivity index is 2.68. The molecule has 0 fully saturated rings. The van der Waals surface area contributed by atoms with Crippen molar-refractivity contribution < 1.29 is 9.53 Å². The molecule has 0 atom stereocenters.